The SMILES string of the molecule is CCOC(=O)c1c(NC(=O)CCCS(=O)(=O)c2ccc(F)cc2)sc2c1CCN(CC)C2.Cl. The topological polar surface area (TPSA) is 92.8 Å². The van der Waals surface area contributed by atoms with Crippen LogP contribution in [0.1, 0.15) is 47.5 Å². The highest BCUT2D eigenvalue weighted by atomic mass is 35.5. The van der Waals surface area contributed by atoms with Gasteiger partial charge in [-0.1, -0.05) is 6.92 Å². The van der Waals surface area contributed by atoms with Crippen LogP contribution in [0.25, 0.3) is 0 Å². The van der Waals surface area contributed by atoms with Crippen molar-refractivity contribution in [3.8, 4) is 0 Å². The number of hydrogen-bond acceptors (Lipinski definition) is 7. The van der Waals surface area contributed by atoms with E-state index in [9.17, 15) is 22.4 Å². The molecule has 2 aromatic rings. The number of halogens is 2. The fourth-order valence-corrected chi connectivity index (χ4v) is 6.21. The van der Waals surface area contributed by atoms with Gasteiger partial charge < -0.3 is 10.1 Å². The van der Waals surface area contributed by atoms with Crippen LogP contribution in [0.3, 0.4) is 0 Å². The van der Waals surface area contributed by atoms with Crippen molar-refractivity contribution in [2.24, 2.45) is 0 Å². The van der Waals surface area contributed by atoms with Gasteiger partial charge in [0.25, 0.3) is 0 Å². The van der Waals surface area contributed by atoms with Gasteiger partial charge in [-0.05, 0) is 56.1 Å². The van der Waals surface area contributed by atoms with Crippen molar-refractivity contribution < 1.29 is 27.1 Å². The fourth-order valence-electron chi connectivity index (χ4n) is 3.61. The average Bonchev–Trinajstić information content (AvgIpc) is 3.10. The van der Waals surface area contributed by atoms with E-state index in [4.69, 9.17) is 4.74 Å². The van der Waals surface area contributed by atoms with Gasteiger partial charge in [-0.2, -0.15) is 0 Å². The molecule has 0 bridgehead atoms. The first kappa shape index (κ1) is 27.2. The molecule has 1 aliphatic heterocycles. The first-order valence-corrected chi connectivity index (χ1v) is 13.0. The van der Waals surface area contributed by atoms with Gasteiger partial charge in [-0.3, -0.25) is 9.69 Å². The molecule has 1 aromatic carbocycles. The molecule has 0 atom stereocenters. The number of nitrogens with one attached hydrogen (secondary N) is 1. The predicted molar refractivity (Wildman–Crippen MR) is 128 cm³/mol. The molecule has 0 spiro atoms. The smallest absolute Gasteiger partial charge is 0.341 e. The summed E-state index contributed by atoms with van der Waals surface area (Å²) < 4.78 is 43.0. The van der Waals surface area contributed by atoms with E-state index in [0.29, 0.717) is 23.5 Å². The van der Waals surface area contributed by atoms with E-state index in [1.165, 1.54) is 23.5 Å². The van der Waals surface area contributed by atoms with Crippen LogP contribution in [0.5, 0.6) is 0 Å². The molecule has 3 rings (SSSR count). The summed E-state index contributed by atoms with van der Waals surface area (Å²) in [6.45, 7) is 6.49. The zero-order valence-electron chi connectivity index (χ0n) is 18.6. The fraction of sp³-hybridized carbons (Fsp3) is 0.455. The molecule has 0 radical (unpaired) electrons. The molecule has 7 nitrogen and oxygen atoms in total. The van der Waals surface area contributed by atoms with E-state index in [2.05, 4.69) is 17.1 Å². The van der Waals surface area contributed by atoms with Crippen LogP contribution in [0.2, 0.25) is 0 Å². The average molecular weight is 519 g/mol. The second-order valence-corrected chi connectivity index (χ2v) is 10.7. The molecular weight excluding hydrogens is 491 g/mol. The number of esters is 1. The number of benzene rings is 1. The van der Waals surface area contributed by atoms with Crippen LogP contribution in [0.4, 0.5) is 9.39 Å². The monoisotopic (exact) mass is 518 g/mol. The highest BCUT2D eigenvalue weighted by molar-refractivity contribution is 7.91. The standard InChI is InChI=1S/C22H27FN2O5S2.ClH/c1-3-25-12-11-17-18(14-25)31-21(20(17)22(27)30-4-2)24-19(26)6-5-13-32(28,29)16-9-7-15(23)8-10-16;/h7-10H,3-6,11-14H2,1-2H3,(H,24,26);1H. The summed E-state index contributed by atoms with van der Waals surface area (Å²) in [7, 11) is -3.61. The summed E-state index contributed by atoms with van der Waals surface area (Å²) in [5.41, 5.74) is 1.34. The Morgan fingerprint density at radius 1 is 1.21 bits per heavy atom. The molecule has 0 saturated heterocycles. The van der Waals surface area contributed by atoms with Crippen molar-refractivity contribution in [2.75, 3.05) is 30.8 Å². The largest absolute Gasteiger partial charge is 0.462 e. The summed E-state index contributed by atoms with van der Waals surface area (Å²) in [6, 6.07) is 4.61. The second-order valence-electron chi connectivity index (χ2n) is 7.47. The molecule has 0 aliphatic carbocycles. The zero-order chi connectivity index (χ0) is 23.3. The number of likely N-dealkylation sites (N-methyl/N-ethyl adjacent to an activating group) is 1. The Hall–Kier alpha value is -2.01. The van der Waals surface area contributed by atoms with E-state index in [1.54, 1.807) is 6.92 Å². The molecule has 1 aliphatic rings. The van der Waals surface area contributed by atoms with Gasteiger partial charge in [-0.15, -0.1) is 23.7 Å². The molecule has 182 valence electrons. The highest BCUT2D eigenvalue weighted by Gasteiger charge is 2.29. The molecule has 2 heterocycles. The number of hydrogen-bond donors (Lipinski definition) is 1. The van der Waals surface area contributed by atoms with Gasteiger partial charge in [0.15, 0.2) is 9.84 Å². The lowest BCUT2D eigenvalue weighted by Gasteiger charge is -2.25. The molecular formula is C22H28ClFN2O5S2. The van der Waals surface area contributed by atoms with Crippen molar-refractivity contribution in [3.05, 3.63) is 46.1 Å². The van der Waals surface area contributed by atoms with E-state index in [0.717, 1.165) is 35.7 Å². The molecule has 11 heteroatoms. The lowest BCUT2D eigenvalue weighted by Crippen LogP contribution is -2.30. The van der Waals surface area contributed by atoms with Gasteiger partial charge >= 0.3 is 5.97 Å². The number of carbonyl (C=O) groups is 2. The first-order chi connectivity index (χ1) is 15.2. The lowest BCUT2D eigenvalue weighted by molar-refractivity contribution is -0.116. The summed E-state index contributed by atoms with van der Waals surface area (Å²) >= 11 is 1.37. The third-order valence-corrected chi connectivity index (χ3v) is 8.25. The number of anilines is 1. The number of amides is 1. The molecule has 0 unspecified atom stereocenters. The van der Waals surface area contributed by atoms with Gasteiger partial charge in [0.2, 0.25) is 5.91 Å². The Kier molecular flexibility index (Phi) is 9.84. The summed E-state index contributed by atoms with van der Waals surface area (Å²) in [4.78, 5) is 28.4. The molecule has 33 heavy (non-hydrogen) atoms. The number of sulfone groups is 1. The first-order valence-electron chi connectivity index (χ1n) is 10.6. The Morgan fingerprint density at radius 2 is 1.91 bits per heavy atom. The number of rotatable bonds is 9. The van der Waals surface area contributed by atoms with E-state index >= 15 is 0 Å². The molecule has 0 saturated carbocycles. The summed E-state index contributed by atoms with van der Waals surface area (Å²) in [5.74, 6) is -1.57. The quantitative estimate of drug-likeness (QED) is 0.397. The van der Waals surface area contributed by atoms with Crippen molar-refractivity contribution in [3.63, 3.8) is 0 Å². The summed E-state index contributed by atoms with van der Waals surface area (Å²) in [5, 5.41) is 3.25. The van der Waals surface area contributed by atoms with Crippen LogP contribution < -0.4 is 5.32 Å². The van der Waals surface area contributed by atoms with Gasteiger partial charge in [0, 0.05) is 24.4 Å². The predicted octanol–water partition coefficient (Wildman–Crippen LogP) is 4.06. The number of fused-ring (bicyclic) bond motifs is 1. The Bertz CT molecular complexity index is 1090. The van der Waals surface area contributed by atoms with Crippen molar-refractivity contribution in [1.82, 2.24) is 4.90 Å². The maximum Gasteiger partial charge on any atom is 0.341 e. The van der Waals surface area contributed by atoms with Gasteiger partial charge in [0.1, 0.15) is 10.8 Å². The van der Waals surface area contributed by atoms with Crippen LogP contribution in [0, 0.1) is 5.82 Å². The number of thiophene rings is 1. The van der Waals surface area contributed by atoms with Crippen LogP contribution in [-0.2, 0) is 32.3 Å². The maximum atomic E-state index is 13.0. The Labute approximate surface area is 203 Å². The maximum absolute atomic E-state index is 13.0. The minimum Gasteiger partial charge on any atom is -0.462 e. The van der Waals surface area contributed by atoms with Gasteiger partial charge in [0.05, 0.1) is 22.8 Å². The van der Waals surface area contributed by atoms with E-state index < -0.39 is 21.6 Å². The second kappa shape index (κ2) is 11.9. The minimum atomic E-state index is -3.61. The van der Waals surface area contributed by atoms with Crippen molar-refractivity contribution in [1.29, 1.82) is 0 Å². The molecule has 1 aromatic heterocycles. The number of ether oxygens (including phenoxy) is 1. The third-order valence-electron chi connectivity index (χ3n) is 5.31. The lowest BCUT2D eigenvalue weighted by atomic mass is 10.0. The normalized spacial score (nSPS) is 13.7. The Morgan fingerprint density at radius 3 is 2.55 bits per heavy atom. The number of carbonyl (C=O) groups excluding carboxylic acids is 2. The molecule has 1 N–H and O–H groups in total. The third kappa shape index (κ3) is 6.75. The van der Waals surface area contributed by atoms with E-state index in [1.807, 2.05) is 0 Å². The van der Waals surface area contributed by atoms with Crippen LogP contribution in [0.15, 0.2) is 29.2 Å². The zero-order valence-corrected chi connectivity index (χ0v) is 21.0. The molecule has 0 fully saturated rings. The van der Waals surface area contributed by atoms with Crippen LogP contribution in [-0.4, -0.2) is 50.6 Å². The van der Waals surface area contributed by atoms with Crippen LogP contribution >= 0.6 is 23.7 Å². The minimum absolute atomic E-state index is 0. The number of nitrogens with zero attached hydrogens (tertiary/aromatic N) is 1. The highest BCUT2D eigenvalue weighted by Crippen LogP contribution is 2.37. The molecule has 1 amide bonds. The van der Waals surface area contributed by atoms with Gasteiger partial charge in [-0.25, -0.2) is 17.6 Å². The van der Waals surface area contributed by atoms with E-state index in [-0.39, 0.29) is 48.4 Å². The van der Waals surface area contributed by atoms with Crippen molar-refractivity contribution in [2.45, 2.75) is 44.6 Å². The Balaban J connectivity index is 0.00000385. The summed E-state index contributed by atoms with van der Waals surface area (Å²) in [6.07, 6.45) is 0.793. The van der Waals surface area contributed by atoms with Crippen molar-refractivity contribution >= 4 is 50.5 Å².